The van der Waals surface area contributed by atoms with Gasteiger partial charge < -0.3 is 0 Å². The Balaban J connectivity index is 2.24. The highest BCUT2D eigenvalue weighted by molar-refractivity contribution is 5.61. The van der Waals surface area contributed by atoms with Gasteiger partial charge in [0.15, 0.2) is 5.82 Å². The average molecular weight is 255 g/mol. The minimum atomic E-state index is 0.404. The molecule has 0 aliphatic rings. The molecule has 0 aromatic carbocycles. The van der Waals surface area contributed by atoms with Crippen molar-refractivity contribution in [2.75, 3.05) is 0 Å². The molecule has 98 valence electrons. The van der Waals surface area contributed by atoms with Crippen LogP contribution in [0, 0.1) is 0 Å². The first-order chi connectivity index (χ1) is 9.20. The normalized spacial score (nSPS) is 11.6. The maximum atomic E-state index is 4.58. The van der Waals surface area contributed by atoms with Crippen LogP contribution in [0.25, 0.3) is 11.3 Å². The number of fused-ring (bicyclic) bond motifs is 1. The van der Waals surface area contributed by atoms with Gasteiger partial charge in [0.1, 0.15) is 11.3 Å². The van der Waals surface area contributed by atoms with Gasteiger partial charge in [-0.05, 0) is 12.0 Å². The molecular weight excluding hydrogens is 238 g/mol. The molecule has 0 saturated heterocycles. The smallest absolute Gasteiger partial charge is 0.164 e. The van der Waals surface area contributed by atoms with Gasteiger partial charge in [0, 0.05) is 31.2 Å². The van der Waals surface area contributed by atoms with E-state index in [-0.39, 0.29) is 0 Å². The SMILES string of the molecule is CCc1nccn1-c1nccn2nc(C(C)C)cc12. The first-order valence-corrected chi connectivity index (χ1v) is 6.57. The lowest BCUT2D eigenvalue weighted by atomic mass is 10.1. The van der Waals surface area contributed by atoms with Crippen molar-refractivity contribution >= 4 is 5.52 Å². The Labute approximate surface area is 111 Å². The second-order valence-corrected chi connectivity index (χ2v) is 4.87. The van der Waals surface area contributed by atoms with Crippen LogP contribution in [-0.4, -0.2) is 24.1 Å². The number of rotatable bonds is 3. The molecular formula is C14H17N5. The third-order valence-corrected chi connectivity index (χ3v) is 3.24. The zero-order chi connectivity index (χ0) is 13.4. The molecule has 3 aromatic rings. The number of imidazole rings is 1. The van der Waals surface area contributed by atoms with Crippen LogP contribution in [0.15, 0.2) is 30.9 Å². The Bertz CT molecular complexity index is 708. The minimum absolute atomic E-state index is 0.404. The molecule has 3 heterocycles. The van der Waals surface area contributed by atoms with Crippen LogP contribution in [0.1, 0.15) is 38.2 Å². The van der Waals surface area contributed by atoms with Crippen LogP contribution in [-0.2, 0) is 6.42 Å². The van der Waals surface area contributed by atoms with Crippen LogP contribution in [0.5, 0.6) is 0 Å². The molecule has 0 spiro atoms. The van der Waals surface area contributed by atoms with Crippen LogP contribution in [0.4, 0.5) is 0 Å². The van der Waals surface area contributed by atoms with Crippen molar-refractivity contribution in [3.05, 3.63) is 42.4 Å². The van der Waals surface area contributed by atoms with Gasteiger partial charge in [0.05, 0.1) is 5.69 Å². The van der Waals surface area contributed by atoms with E-state index in [9.17, 15) is 0 Å². The molecule has 3 aromatic heterocycles. The summed E-state index contributed by atoms with van der Waals surface area (Å²) in [7, 11) is 0. The first-order valence-electron chi connectivity index (χ1n) is 6.57. The van der Waals surface area contributed by atoms with Crippen LogP contribution in [0.2, 0.25) is 0 Å². The van der Waals surface area contributed by atoms with E-state index in [0.717, 1.165) is 29.3 Å². The minimum Gasteiger partial charge on any atom is -0.286 e. The van der Waals surface area contributed by atoms with E-state index in [1.165, 1.54) is 0 Å². The van der Waals surface area contributed by atoms with Crippen molar-refractivity contribution in [3.8, 4) is 5.82 Å². The van der Waals surface area contributed by atoms with Gasteiger partial charge in [-0.25, -0.2) is 14.5 Å². The molecule has 0 fully saturated rings. The quantitative estimate of drug-likeness (QED) is 0.722. The highest BCUT2D eigenvalue weighted by Crippen LogP contribution is 2.20. The van der Waals surface area contributed by atoms with E-state index in [1.54, 1.807) is 6.20 Å². The molecule has 0 bridgehead atoms. The van der Waals surface area contributed by atoms with Crippen molar-refractivity contribution in [2.24, 2.45) is 0 Å². The lowest BCUT2D eigenvalue weighted by molar-refractivity contribution is 0.783. The zero-order valence-electron chi connectivity index (χ0n) is 11.4. The summed E-state index contributed by atoms with van der Waals surface area (Å²) in [6.45, 7) is 6.38. The summed E-state index contributed by atoms with van der Waals surface area (Å²) < 4.78 is 3.91. The van der Waals surface area contributed by atoms with Gasteiger partial charge >= 0.3 is 0 Å². The van der Waals surface area contributed by atoms with Gasteiger partial charge in [-0.15, -0.1) is 0 Å². The molecule has 5 nitrogen and oxygen atoms in total. The lowest BCUT2D eigenvalue weighted by Crippen LogP contribution is -2.04. The summed E-state index contributed by atoms with van der Waals surface area (Å²) in [5.41, 5.74) is 2.09. The van der Waals surface area contributed by atoms with Crippen LogP contribution < -0.4 is 0 Å². The van der Waals surface area contributed by atoms with Crippen molar-refractivity contribution in [1.82, 2.24) is 24.1 Å². The number of hydrogen-bond donors (Lipinski definition) is 0. The highest BCUT2D eigenvalue weighted by Gasteiger charge is 2.12. The van der Waals surface area contributed by atoms with Gasteiger partial charge in [-0.2, -0.15) is 5.10 Å². The molecule has 0 aliphatic carbocycles. The second kappa shape index (κ2) is 4.50. The number of hydrogen-bond acceptors (Lipinski definition) is 3. The van der Waals surface area contributed by atoms with Gasteiger partial charge in [0.25, 0.3) is 0 Å². The summed E-state index contributed by atoms with van der Waals surface area (Å²) in [5.74, 6) is 2.30. The summed E-state index contributed by atoms with van der Waals surface area (Å²) in [4.78, 5) is 8.85. The monoisotopic (exact) mass is 255 g/mol. The molecule has 0 atom stereocenters. The largest absolute Gasteiger partial charge is 0.286 e. The molecule has 19 heavy (non-hydrogen) atoms. The van der Waals surface area contributed by atoms with Crippen molar-refractivity contribution in [1.29, 1.82) is 0 Å². The predicted octanol–water partition coefficient (Wildman–Crippen LogP) is 2.60. The van der Waals surface area contributed by atoms with E-state index in [4.69, 9.17) is 0 Å². The summed E-state index contributed by atoms with van der Waals surface area (Å²) >= 11 is 0. The molecule has 5 heteroatoms. The maximum absolute atomic E-state index is 4.58. The van der Waals surface area contributed by atoms with Crippen LogP contribution in [0.3, 0.4) is 0 Å². The lowest BCUT2D eigenvalue weighted by Gasteiger charge is -2.06. The van der Waals surface area contributed by atoms with E-state index < -0.39 is 0 Å². The van der Waals surface area contributed by atoms with Gasteiger partial charge in [-0.3, -0.25) is 4.57 Å². The van der Waals surface area contributed by atoms with Gasteiger partial charge in [0.2, 0.25) is 0 Å². The molecule has 0 N–H and O–H groups in total. The molecule has 0 aliphatic heterocycles. The third kappa shape index (κ3) is 1.91. The van der Waals surface area contributed by atoms with E-state index >= 15 is 0 Å². The Hall–Kier alpha value is -2.17. The van der Waals surface area contributed by atoms with Gasteiger partial charge in [-0.1, -0.05) is 20.8 Å². The average Bonchev–Trinajstić information content (AvgIpc) is 3.04. The summed E-state index contributed by atoms with van der Waals surface area (Å²) in [6.07, 6.45) is 8.29. The standard InChI is InChI=1S/C14H17N5/c1-4-13-15-5-7-18(13)14-12-9-11(10(2)3)17-19(12)8-6-16-14/h5-10H,4H2,1-3H3. The summed E-state index contributed by atoms with van der Waals surface area (Å²) in [5, 5.41) is 4.58. The molecule has 0 saturated carbocycles. The van der Waals surface area contributed by atoms with E-state index in [1.807, 2.05) is 27.7 Å². The fourth-order valence-electron chi connectivity index (χ4n) is 2.18. The van der Waals surface area contributed by atoms with Crippen molar-refractivity contribution in [3.63, 3.8) is 0 Å². The van der Waals surface area contributed by atoms with Crippen LogP contribution >= 0.6 is 0 Å². The number of aryl methyl sites for hydroxylation is 1. The topological polar surface area (TPSA) is 48.0 Å². The highest BCUT2D eigenvalue weighted by atomic mass is 15.3. The zero-order valence-corrected chi connectivity index (χ0v) is 11.4. The third-order valence-electron chi connectivity index (χ3n) is 3.24. The van der Waals surface area contributed by atoms with Crippen molar-refractivity contribution < 1.29 is 0 Å². The Kier molecular flexibility index (Phi) is 2.81. The molecule has 3 rings (SSSR count). The van der Waals surface area contributed by atoms with E-state index in [0.29, 0.717) is 5.92 Å². The number of aromatic nitrogens is 5. The predicted molar refractivity (Wildman–Crippen MR) is 73.6 cm³/mol. The fourth-order valence-corrected chi connectivity index (χ4v) is 2.18. The van der Waals surface area contributed by atoms with Crippen molar-refractivity contribution in [2.45, 2.75) is 33.1 Å². The Morgan fingerprint density at radius 2 is 1.95 bits per heavy atom. The fraction of sp³-hybridized carbons (Fsp3) is 0.357. The summed E-state index contributed by atoms with van der Waals surface area (Å²) in [6, 6.07) is 2.10. The Morgan fingerprint density at radius 3 is 2.68 bits per heavy atom. The first kappa shape index (κ1) is 11.9. The molecule has 0 radical (unpaired) electrons. The molecule has 0 amide bonds. The van der Waals surface area contributed by atoms with E-state index in [2.05, 4.69) is 41.9 Å². The molecule has 0 unspecified atom stereocenters. The second-order valence-electron chi connectivity index (χ2n) is 4.87. The Morgan fingerprint density at radius 1 is 1.16 bits per heavy atom. The maximum Gasteiger partial charge on any atom is 0.164 e. The number of nitrogens with zero attached hydrogens (tertiary/aromatic N) is 5.